The molecule has 0 aromatic heterocycles. The Kier molecular flexibility index (Phi) is 46.7. The van der Waals surface area contributed by atoms with Gasteiger partial charge in [0, 0.05) is 0 Å². The van der Waals surface area contributed by atoms with Crippen molar-refractivity contribution in [1.82, 2.24) is 0 Å². The van der Waals surface area contributed by atoms with E-state index in [1.54, 1.807) is 0 Å². The molecule has 203 valence electrons. The van der Waals surface area contributed by atoms with E-state index in [-0.39, 0.29) is 17.1 Å². The summed E-state index contributed by atoms with van der Waals surface area (Å²) in [5.41, 5.74) is 0. The third-order valence-corrected chi connectivity index (χ3v) is 5.51. The molecule has 9 nitrogen and oxygen atoms in total. The quantitative estimate of drug-likeness (QED) is 0.0895. The van der Waals surface area contributed by atoms with Gasteiger partial charge in [-0.05, 0) is 33.0 Å². The average molecular weight is 590 g/mol. The SMILES string of the molecule is CCCCCCCO[P+](=O)[O-].CCCCCCCO[P+](=O)[O-].CCCCCCCO[P+](=O)[O-].[Fe+3]. The van der Waals surface area contributed by atoms with Crippen LogP contribution in [0.1, 0.15) is 117 Å². The van der Waals surface area contributed by atoms with Crippen molar-refractivity contribution in [3.63, 3.8) is 0 Å². The Morgan fingerprint density at radius 2 is 0.647 bits per heavy atom. The maximum atomic E-state index is 9.90. The first-order chi connectivity index (χ1) is 15.8. The molecule has 0 saturated carbocycles. The van der Waals surface area contributed by atoms with E-state index in [9.17, 15) is 28.4 Å². The van der Waals surface area contributed by atoms with Crippen molar-refractivity contribution >= 4 is 24.8 Å². The number of hydrogen-bond acceptors (Lipinski definition) is 9. The second-order valence-corrected chi connectivity index (χ2v) is 9.53. The molecule has 0 rings (SSSR count). The minimum absolute atomic E-state index is 0. The molecule has 0 aliphatic carbocycles. The minimum Gasteiger partial charge on any atom is -0.566 e. The molecule has 0 spiro atoms. The molecule has 0 aliphatic rings. The van der Waals surface area contributed by atoms with Gasteiger partial charge in [0.1, 0.15) is 19.8 Å². The van der Waals surface area contributed by atoms with Crippen molar-refractivity contribution < 1.29 is 59.0 Å². The Morgan fingerprint density at radius 1 is 0.441 bits per heavy atom. The molecular weight excluding hydrogens is 545 g/mol. The first kappa shape index (κ1) is 41.7. The zero-order chi connectivity index (χ0) is 25.6. The Morgan fingerprint density at radius 3 is 0.824 bits per heavy atom. The molecule has 1 radical (unpaired) electrons. The Labute approximate surface area is 220 Å². The molecule has 0 aromatic carbocycles. The number of rotatable bonds is 21. The molecule has 0 bridgehead atoms. The molecule has 34 heavy (non-hydrogen) atoms. The van der Waals surface area contributed by atoms with E-state index in [2.05, 4.69) is 34.3 Å². The van der Waals surface area contributed by atoms with E-state index >= 15 is 0 Å². The predicted octanol–water partition coefficient (Wildman–Crippen LogP) is 5.97. The number of hydrogen-bond donors (Lipinski definition) is 0. The molecular formula is C21H45FeO9P3+3. The maximum Gasteiger partial charge on any atom is 3.00 e. The molecule has 0 aliphatic heterocycles. The Balaban J connectivity index is -0.000000196. The fourth-order valence-electron chi connectivity index (χ4n) is 2.53. The Bertz CT molecular complexity index is 386. The molecule has 0 aromatic rings. The van der Waals surface area contributed by atoms with Crippen LogP contribution in [0.4, 0.5) is 0 Å². The molecule has 0 heterocycles. The molecule has 0 amide bonds. The summed E-state index contributed by atoms with van der Waals surface area (Å²) in [7, 11) is -7.87. The van der Waals surface area contributed by atoms with Crippen LogP contribution in [0.2, 0.25) is 0 Å². The van der Waals surface area contributed by atoms with E-state index in [1.165, 1.54) is 57.8 Å². The monoisotopic (exact) mass is 590 g/mol. The fourth-order valence-corrected chi connectivity index (χ4v) is 3.37. The van der Waals surface area contributed by atoms with Gasteiger partial charge in [-0.3, -0.25) is 0 Å². The summed E-state index contributed by atoms with van der Waals surface area (Å²) >= 11 is 0. The van der Waals surface area contributed by atoms with E-state index in [0.29, 0.717) is 19.8 Å². The van der Waals surface area contributed by atoms with E-state index in [4.69, 9.17) is 0 Å². The van der Waals surface area contributed by atoms with Crippen LogP contribution in [0.5, 0.6) is 0 Å². The van der Waals surface area contributed by atoms with E-state index in [0.717, 1.165) is 38.5 Å². The van der Waals surface area contributed by atoms with Gasteiger partial charge in [0.05, 0.1) is 0 Å². The van der Waals surface area contributed by atoms with Gasteiger partial charge in [-0.2, -0.15) is 0 Å². The second-order valence-electron chi connectivity index (χ2n) is 7.41. The molecule has 3 atom stereocenters. The van der Waals surface area contributed by atoms with Crippen LogP contribution in [-0.4, -0.2) is 19.8 Å². The molecule has 0 N–H and O–H groups in total. The Hall–Kier alpha value is 0.579. The molecule has 0 saturated heterocycles. The van der Waals surface area contributed by atoms with Gasteiger partial charge in [-0.15, -0.1) is 13.6 Å². The molecule has 0 fully saturated rings. The summed E-state index contributed by atoms with van der Waals surface area (Å²) in [6.45, 7) is 7.48. The second kappa shape index (κ2) is 38.1. The van der Waals surface area contributed by atoms with Crippen molar-refractivity contribution in [2.45, 2.75) is 117 Å². The topological polar surface area (TPSA) is 148 Å². The standard InChI is InChI=1S/3C7H15O3P.Fe/c3*1-2-3-4-5-6-7-10-11(8)9;/h3*2-7H2,1H3;/q;;;+3. The van der Waals surface area contributed by atoms with Crippen LogP contribution in [0.25, 0.3) is 0 Å². The van der Waals surface area contributed by atoms with Gasteiger partial charge in [-0.1, -0.05) is 97.8 Å². The normalized spacial score (nSPS) is 11.3. The average Bonchev–Trinajstić information content (AvgIpc) is 2.76. The summed E-state index contributed by atoms with van der Waals surface area (Å²) in [6.07, 6.45) is 16.6. The van der Waals surface area contributed by atoms with Crippen molar-refractivity contribution in [1.29, 1.82) is 0 Å². The molecule has 3 unspecified atom stereocenters. The van der Waals surface area contributed by atoms with Gasteiger partial charge >= 0.3 is 41.8 Å². The summed E-state index contributed by atoms with van der Waals surface area (Å²) in [6, 6.07) is 0. The van der Waals surface area contributed by atoms with Crippen molar-refractivity contribution in [2.75, 3.05) is 19.8 Å². The van der Waals surface area contributed by atoms with Crippen LogP contribution in [0.3, 0.4) is 0 Å². The van der Waals surface area contributed by atoms with Crippen molar-refractivity contribution in [2.24, 2.45) is 0 Å². The van der Waals surface area contributed by atoms with Crippen LogP contribution >= 0.6 is 24.8 Å². The fraction of sp³-hybridized carbons (Fsp3) is 1.00. The van der Waals surface area contributed by atoms with Crippen LogP contribution in [0.15, 0.2) is 0 Å². The summed E-state index contributed by atoms with van der Waals surface area (Å²) in [5, 5.41) is 0. The largest absolute Gasteiger partial charge is 3.00 e. The first-order valence-corrected chi connectivity index (χ1v) is 15.4. The zero-order valence-electron chi connectivity index (χ0n) is 21.1. The van der Waals surface area contributed by atoms with E-state index in [1.807, 2.05) is 0 Å². The van der Waals surface area contributed by atoms with Gasteiger partial charge in [-0.25, -0.2) is 0 Å². The van der Waals surface area contributed by atoms with Crippen LogP contribution < -0.4 is 14.7 Å². The van der Waals surface area contributed by atoms with Crippen LogP contribution in [0, 0.1) is 0 Å². The van der Waals surface area contributed by atoms with Crippen LogP contribution in [-0.2, 0) is 44.3 Å². The van der Waals surface area contributed by atoms with Gasteiger partial charge in [0.15, 0.2) is 0 Å². The third-order valence-electron chi connectivity index (χ3n) is 4.33. The summed E-state index contributed by atoms with van der Waals surface area (Å²) in [4.78, 5) is 29.7. The smallest absolute Gasteiger partial charge is 0.566 e. The van der Waals surface area contributed by atoms with Gasteiger partial charge < -0.3 is 14.7 Å². The van der Waals surface area contributed by atoms with E-state index < -0.39 is 24.8 Å². The number of unbranched alkanes of at least 4 members (excludes halogenated alkanes) is 12. The van der Waals surface area contributed by atoms with Gasteiger partial charge in [0.2, 0.25) is 0 Å². The third kappa shape index (κ3) is 53.8. The molecule has 13 heteroatoms. The van der Waals surface area contributed by atoms with Gasteiger partial charge in [0.25, 0.3) is 0 Å². The maximum absolute atomic E-state index is 9.90. The first-order valence-electron chi connectivity index (χ1n) is 12.1. The zero-order valence-corrected chi connectivity index (χ0v) is 24.9. The van der Waals surface area contributed by atoms with Crippen molar-refractivity contribution in [3.05, 3.63) is 0 Å². The summed E-state index contributed by atoms with van der Waals surface area (Å²) < 4.78 is 42.8. The summed E-state index contributed by atoms with van der Waals surface area (Å²) in [5.74, 6) is 0. The predicted molar refractivity (Wildman–Crippen MR) is 127 cm³/mol. The minimum atomic E-state index is -2.62. The van der Waals surface area contributed by atoms with Crippen molar-refractivity contribution in [3.8, 4) is 0 Å².